The Kier molecular flexibility index (Phi) is 6.48. The first-order chi connectivity index (χ1) is 13.4. The molecule has 1 saturated heterocycles. The monoisotopic (exact) mass is 387 g/mol. The molecule has 2 aliphatic rings. The quantitative estimate of drug-likeness (QED) is 0.489. The van der Waals surface area contributed by atoms with Gasteiger partial charge in [0.2, 0.25) is 5.91 Å². The Morgan fingerprint density at radius 3 is 2.82 bits per heavy atom. The van der Waals surface area contributed by atoms with Crippen molar-refractivity contribution in [2.24, 2.45) is 5.73 Å². The predicted octanol–water partition coefficient (Wildman–Crippen LogP) is -0.263. The standard InChI is InChI=1S/C19H26BN3O5/c1-13(24)17-4-2-3-14-9-15(20(27)28-19(14)17)10-16(25)11-23-8-7-22(6-5-21)12-18(23)26/h2-4,15,27H,5-12,21H2,1H3/t15-/m1/s1. The van der Waals surface area contributed by atoms with E-state index in [9.17, 15) is 19.4 Å². The highest BCUT2D eigenvalue weighted by atomic mass is 16.5. The molecule has 1 amide bonds. The topological polar surface area (TPSA) is 113 Å². The third kappa shape index (κ3) is 4.60. The van der Waals surface area contributed by atoms with E-state index in [4.69, 9.17) is 10.4 Å². The fraction of sp³-hybridized carbons (Fsp3) is 0.526. The van der Waals surface area contributed by atoms with Gasteiger partial charge in [-0.15, -0.1) is 0 Å². The second-order valence-electron chi connectivity index (χ2n) is 7.45. The third-order valence-corrected chi connectivity index (χ3v) is 5.30. The average Bonchev–Trinajstić information content (AvgIpc) is 2.64. The van der Waals surface area contributed by atoms with Gasteiger partial charge >= 0.3 is 7.12 Å². The average molecular weight is 387 g/mol. The predicted molar refractivity (Wildman–Crippen MR) is 104 cm³/mol. The molecule has 3 N–H and O–H groups in total. The summed E-state index contributed by atoms with van der Waals surface area (Å²) in [6.07, 6.45) is 0.558. The number of amides is 1. The van der Waals surface area contributed by atoms with Gasteiger partial charge in [0.05, 0.1) is 18.7 Å². The summed E-state index contributed by atoms with van der Waals surface area (Å²) in [5.41, 5.74) is 6.76. The molecule has 8 nitrogen and oxygen atoms in total. The van der Waals surface area contributed by atoms with Crippen molar-refractivity contribution in [3.63, 3.8) is 0 Å². The minimum Gasteiger partial charge on any atom is -0.535 e. The zero-order valence-corrected chi connectivity index (χ0v) is 16.1. The van der Waals surface area contributed by atoms with Crippen LogP contribution in [0.5, 0.6) is 5.75 Å². The van der Waals surface area contributed by atoms with Gasteiger partial charge in [-0.25, -0.2) is 0 Å². The van der Waals surface area contributed by atoms with Crippen molar-refractivity contribution in [2.75, 3.05) is 39.3 Å². The van der Waals surface area contributed by atoms with Crippen molar-refractivity contribution >= 4 is 24.6 Å². The summed E-state index contributed by atoms with van der Waals surface area (Å²) in [6, 6.07) is 5.27. The first-order valence-corrected chi connectivity index (χ1v) is 9.58. The summed E-state index contributed by atoms with van der Waals surface area (Å²) in [5, 5.41) is 10.3. The molecule has 1 fully saturated rings. The Balaban J connectivity index is 1.59. The Morgan fingerprint density at radius 1 is 1.36 bits per heavy atom. The van der Waals surface area contributed by atoms with E-state index < -0.39 is 12.9 Å². The number of fused-ring (bicyclic) bond motifs is 1. The summed E-state index contributed by atoms with van der Waals surface area (Å²) in [5.74, 6) is -0.330. The lowest BCUT2D eigenvalue weighted by Gasteiger charge is -2.34. The number of nitrogens with two attached hydrogens (primary N) is 1. The van der Waals surface area contributed by atoms with Crippen LogP contribution < -0.4 is 10.4 Å². The smallest absolute Gasteiger partial charge is 0.526 e. The van der Waals surface area contributed by atoms with Crippen LogP contribution in [0.4, 0.5) is 0 Å². The van der Waals surface area contributed by atoms with Gasteiger partial charge < -0.3 is 20.3 Å². The second kappa shape index (κ2) is 8.85. The lowest BCUT2D eigenvalue weighted by molar-refractivity contribution is -0.139. The highest BCUT2D eigenvalue weighted by molar-refractivity contribution is 6.47. The number of carbonyl (C=O) groups excluding carboxylic acids is 3. The molecule has 28 heavy (non-hydrogen) atoms. The Morgan fingerprint density at radius 2 is 2.14 bits per heavy atom. The maximum atomic E-state index is 12.5. The van der Waals surface area contributed by atoms with E-state index in [2.05, 4.69) is 0 Å². The highest BCUT2D eigenvalue weighted by Crippen LogP contribution is 2.36. The van der Waals surface area contributed by atoms with E-state index in [1.165, 1.54) is 6.92 Å². The van der Waals surface area contributed by atoms with E-state index in [0.717, 1.165) is 5.56 Å². The van der Waals surface area contributed by atoms with Gasteiger partial charge in [-0.2, -0.15) is 0 Å². The van der Waals surface area contributed by atoms with Crippen LogP contribution in [0.3, 0.4) is 0 Å². The number of ketones is 2. The molecule has 0 aromatic heterocycles. The number of Topliss-reactive ketones (excluding diaryl/α,β-unsaturated/α-hetero) is 2. The van der Waals surface area contributed by atoms with Crippen LogP contribution in [0.1, 0.15) is 29.3 Å². The molecule has 0 aliphatic carbocycles. The van der Waals surface area contributed by atoms with Crippen LogP contribution in [0.25, 0.3) is 0 Å². The molecule has 150 valence electrons. The van der Waals surface area contributed by atoms with Crippen LogP contribution in [0.2, 0.25) is 5.82 Å². The molecule has 0 radical (unpaired) electrons. The number of piperazine rings is 1. The van der Waals surface area contributed by atoms with Crippen LogP contribution in [0, 0.1) is 0 Å². The lowest BCUT2D eigenvalue weighted by Crippen LogP contribution is -2.52. The van der Waals surface area contributed by atoms with Crippen molar-refractivity contribution in [3.8, 4) is 5.75 Å². The van der Waals surface area contributed by atoms with E-state index in [1.54, 1.807) is 17.0 Å². The van der Waals surface area contributed by atoms with Gasteiger partial charge in [-0.1, -0.05) is 12.1 Å². The molecule has 0 unspecified atom stereocenters. The van der Waals surface area contributed by atoms with E-state index in [-0.39, 0.29) is 37.0 Å². The van der Waals surface area contributed by atoms with Gasteiger partial charge in [-0.3, -0.25) is 19.3 Å². The molecule has 2 aliphatic heterocycles. The summed E-state index contributed by atoms with van der Waals surface area (Å²) < 4.78 is 5.57. The fourth-order valence-corrected chi connectivity index (χ4v) is 3.80. The molecule has 2 heterocycles. The number of nitrogens with zero attached hydrogens (tertiary/aromatic N) is 2. The number of rotatable bonds is 7. The van der Waals surface area contributed by atoms with E-state index in [1.807, 2.05) is 11.0 Å². The molecule has 1 aromatic rings. The van der Waals surface area contributed by atoms with Gasteiger partial charge in [0, 0.05) is 38.4 Å². The largest absolute Gasteiger partial charge is 0.535 e. The summed E-state index contributed by atoms with van der Waals surface area (Å²) in [6.45, 7) is 4.13. The molecule has 0 bridgehead atoms. The lowest BCUT2D eigenvalue weighted by atomic mass is 9.64. The van der Waals surface area contributed by atoms with Crippen molar-refractivity contribution in [1.29, 1.82) is 0 Å². The second-order valence-corrected chi connectivity index (χ2v) is 7.45. The van der Waals surface area contributed by atoms with Crippen molar-refractivity contribution in [2.45, 2.75) is 25.6 Å². The number of benzene rings is 1. The Bertz CT molecular complexity index is 772. The van der Waals surface area contributed by atoms with Gasteiger partial charge in [0.15, 0.2) is 11.6 Å². The van der Waals surface area contributed by atoms with Gasteiger partial charge in [0.1, 0.15) is 5.75 Å². The fourth-order valence-electron chi connectivity index (χ4n) is 3.80. The minimum absolute atomic E-state index is 0.0405. The van der Waals surface area contributed by atoms with Crippen LogP contribution in [-0.4, -0.2) is 78.7 Å². The Labute approximate surface area is 164 Å². The van der Waals surface area contributed by atoms with E-state index >= 15 is 0 Å². The van der Waals surface area contributed by atoms with Crippen molar-refractivity contribution in [3.05, 3.63) is 29.3 Å². The van der Waals surface area contributed by atoms with Crippen molar-refractivity contribution < 1.29 is 24.1 Å². The molecule has 9 heteroatoms. The van der Waals surface area contributed by atoms with Gasteiger partial charge in [0.25, 0.3) is 0 Å². The summed E-state index contributed by atoms with van der Waals surface area (Å²) in [4.78, 5) is 40.0. The number of para-hydroxylation sites is 1. The Hall–Kier alpha value is -2.23. The number of hydrogen-bond acceptors (Lipinski definition) is 7. The molecule has 1 atom stereocenters. The maximum Gasteiger partial charge on any atom is 0.526 e. The zero-order valence-electron chi connectivity index (χ0n) is 16.1. The number of carbonyl (C=O) groups is 3. The number of hydrogen-bond donors (Lipinski definition) is 2. The normalized spacial score (nSPS) is 20.0. The molecular formula is C19H26BN3O5. The highest BCUT2D eigenvalue weighted by Gasteiger charge is 2.38. The first-order valence-electron chi connectivity index (χ1n) is 9.58. The van der Waals surface area contributed by atoms with Crippen LogP contribution in [0.15, 0.2) is 18.2 Å². The summed E-state index contributed by atoms with van der Waals surface area (Å²) in [7, 11) is -1.16. The van der Waals surface area contributed by atoms with Crippen LogP contribution in [-0.2, 0) is 16.0 Å². The van der Waals surface area contributed by atoms with Crippen LogP contribution >= 0.6 is 0 Å². The molecule has 0 saturated carbocycles. The minimum atomic E-state index is -1.16. The zero-order chi connectivity index (χ0) is 20.3. The van der Waals surface area contributed by atoms with Crippen molar-refractivity contribution in [1.82, 2.24) is 9.80 Å². The molecular weight excluding hydrogens is 361 g/mol. The van der Waals surface area contributed by atoms with Gasteiger partial charge in [-0.05, 0) is 25.0 Å². The third-order valence-electron chi connectivity index (χ3n) is 5.30. The first kappa shape index (κ1) is 20.5. The molecule has 1 aromatic carbocycles. The summed E-state index contributed by atoms with van der Waals surface area (Å²) >= 11 is 0. The SMILES string of the molecule is CC(=O)c1cccc2c1OB(O)[C@@H](CC(=O)CN1CCN(CCN)CC1=O)C2. The maximum absolute atomic E-state index is 12.5. The molecule has 0 spiro atoms. The molecule has 3 rings (SSSR count). The van der Waals surface area contributed by atoms with E-state index in [0.29, 0.717) is 43.9 Å².